The predicted octanol–water partition coefficient (Wildman–Crippen LogP) is 5.26. The van der Waals surface area contributed by atoms with E-state index >= 15 is 0 Å². The summed E-state index contributed by atoms with van der Waals surface area (Å²) in [6, 6.07) is 7.38. The van der Waals surface area contributed by atoms with Crippen molar-refractivity contribution in [1.29, 1.82) is 0 Å². The van der Waals surface area contributed by atoms with Crippen LogP contribution >= 0.6 is 0 Å². The number of carbonyl (C=O) groups is 2. The van der Waals surface area contributed by atoms with Gasteiger partial charge in [-0.15, -0.1) is 0 Å². The van der Waals surface area contributed by atoms with E-state index in [9.17, 15) is 18.4 Å². The van der Waals surface area contributed by atoms with Crippen molar-refractivity contribution in [2.45, 2.75) is 65.2 Å². The van der Waals surface area contributed by atoms with E-state index in [1.807, 2.05) is 0 Å². The predicted molar refractivity (Wildman–Crippen MR) is 120 cm³/mol. The molecule has 0 spiro atoms. The van der Waals surface area contributed by atoms with Crippen LogP contribution < -0.4 is 10.1 Å². The Morgan fingerprint density at radius 2 is 1.55 bits per heavy atom. The van der Waals surface area contributed by atoms with Crippen molar-refractivity contribution in [1.82, 2.24) is 5.32 Å². The molecule has 2 rings (SSSR count). The summed E-state index contributed by atoms with van der Waals surface area (Å²) in [5, 5.41) is 2.45. The highest BCUT2D eigenvalue weighted by Crippen LogP contribution is 2.37. The van der Waals surface area contributed by atoms with Crippen molar-refractivity contribution in [2.75, 3.05) is 7.11 Å². The lowest BCUT2D eigenvalue weighted by Crippen LogP contribution is -2.43. The molecule has 2 aromatic rings. The molecule has 180 valence electrons. The number of methoxy groups -OCH3 is 1. The molecule has 0 bridgehead atoms. The maximum absolute atomic E-state index is 13.8. The number of aryl methyl sites for hydroxylation is 1. The minimum atomic E-state index is -0.979. The Labute approximate surface area is 193 Å². The third-order valence-corrected chi connectivity index (χ3v) is 4.96. The first-order valence-corrected chi connectivity index (χ1v) is 10.6. The molecule has 0 aliphatic heterocycles. The number of benzene rings is 2. The van der Waals surface area contributed by atoms with Gasteiger partial charge in [-0.3, -0.25) is 0 Å². The molecule has 0 saturated heterocycles. The second-order valence-corrected chi connectivity index (χ2v) is 8.87. The first kappa shape index (κ1) is 26.1. The molecule has 0 heterocycles. The fourth-order valence-electron chi connectivity index (χ4n) is 3.50. The Hall–Kier alpha value is -3.16. The Kier molecular flexibility index (Phi) is 8.41. The number of amides is 1. The summed E-state index contributed by atoms with van der Waals surface area (Å²) in [6.07, 6.45) is -1.50. The molecule has 1 amide bonds. The summed E-state index contributed by atoms with van der Waals surface area (Å²) in [4.78, 5) is 24.7. The molecule has 0 aliphatic rings. The van der Waals surface area contributed by atoms with Gasteiger partial charge in [0.2, 0.25) is 0 Å². The topological polar surface area (TPSA) is 73.9 Å². The highest BCUT2D eigenvalue weighted by molar-refractivity contribution is 5.81. The number of alkyl carbamates (subject to hydrolysis) is 1. The van der Waals surface area contributed by atoms with Crippen molar-refractivity contribution in [3.8, 4) is 5.75 Å². The van der Waals surface area contributed by atoms with Crippen LogP contribution in [0.4, 0.5) is 13.6 Å². The molecule has 3 atom stereocenters. The molecular weight excluding hydrogens is 432 g/mol. The fraction of sp³-hybridized carbons (Fsp3) is 0.440. The van der Waals surface area contributed by atoms with Crippen molar-refractivity contribution < 1.29 is 32.6 Å². The van der Waals surface area contributed by atoms with Crippen molar-refractivity contribution in [3.05, 3.63) is 64.7 Å². The van der Waals surface area contributed by atoms with Gasteiger partial charge in [-0.05, 0) is 70.9 Å². The first-order chi connectivity index (χ1) is 15.3. The molecule has 0 aromatic heterocycles. The third kappa shape index (κ3) is 7.17. The van der Waals surface area contributed by atoms with Gasteiger partial charge in [0.1, 0.15) is 35.1 Å². The average molecular weight is 464 g/mol. The van der Waals surface area contributed by atoms with E-state index in [2.05, 4.69) is 5.32 Å². The third-order valence-electron chi connectivity index (χ3n) is 4.96. The van der Waals surface area contributed by atoms with Crippen molar-refractivity contribution in [3.63, 3.8) is 0 Å². The van der Waals surface area contributed by atoms with Crippen LogP contribution in [0.3, 0.4) is 0 Å². The molecule has 2 aromatic carbocycles. The van der Waals surface area contributed by atoms with Gasteiger partial charge in [-0.2, -0.15) is 0 Å². The molecule has 0 fully saturated rings. The number of rotatable bonds is 7. The minimum Gasteiger partial charge on any atom is -0.496 e. The van der Waals surface area contributed by atoms with E-state index in [4.69, 9.17) is 14.2 Å². The van der Waals surface area contributed by atoms with Crippen LogP contribution in [0.5, 0.6) is 5.75 Å². The van der Waals surface area contributed by atoms with Gasteiger partial charge in [-0.1, -0.05) is 12.1 Å². The number of hydrogen-bond donors (Lipinski definition) is 1. The summed E-state index contributed by atoms with van der Waals surface area (Å²) in [6.45, 7) is 10.0. The van der Waals surface area contributed by atoms with E-state index in [1.54, 1.807) is 46.8 Å². The van der Waals surface area contributed by atoms with E-state index in [1.165, 1.54) is 38.3 Å². The number of halogens is 2. The van der Waals surface area contributed by atoms with Crippen LogP contribution in [0.2, 0.25) is 0 Å². The zero-order valence-corrected chi connectivity index (χ0v) is 20.0. The van der Waals surface area contributed by atoms with Gasteiger partial charge in [0.25, 0.3) is 0 Å². The monoisotopic (exact) mass is 463 g/mol. The van der Waals surface area contributed by atoms with Crippen LogP contribution in [0.1, 0.15) is 57.2 Å². The molecule has 8 heteroatoms. The highest BCUT2D eigenvalue weighted by Gasteiger charge is 2.31. The second kappa shape index (κ2) is 10.6. The number of carbonyl (C=O) groups excluding carboxylic acids is 2. The summed E-state index contributed by atoms with van der Waals surface area (Å²) in [5.41, 5.74) is 1.18. The largest absolute Gasteiger partial charge is 0.496 e. The zero-order chi connectivity index (χ0) is 24.9. The van der Waals surface area contributed by atoms with Gasteiger partial charge in [0, 0.05) is 17.5 Å². The summed E-state index contributed by atoms with van der Waals surface area (Å²) < 4.78 is 43.8. The maximum atomic E-state index is 13.8. The Morgan fingerprint density at radius 1 is 0.970 bits per heavy atom. The first-order valence-electron chi connectivity index (χ1n) is 10.6. The van der Waals surface area contributed by atoms with Gasteiger partial charge >= 0.3 is 12.1 Å². The molecule has 1 N–H and O–H groups in total. The maximum Gasteiger partial charge on any atom is 0.408 e. The molecular formula is C25H31F2NO5. The van der Waals surface area contributed by atoms with Crippen LogP contribution in [0.15, 0.2) is 36.4 Å². The second-order valence-electron chi connectivity index (χ2n) is 8.87. The number of nitrogens with one attached hydrogen (secondary N) is 1. The van der Waals surface area contributed by atoms with Crippen LogP contribution in [0, 0.1) is 18.6 Å². The van der Waals surface area contributed by atoms with Crippen molar-refractivity contribution >= 4 is 12.1 Å². The average Bonchev–Trinajstić information content (AvgIpc) is 2.69. The van der Waals surface area contributed by atoms with E-state index in [-0.39, 0.29) is 5.75 Å². The van der Waals surface area contributed by atoms with E-state index in [0.717, 1.165) is 0 Å². The quantitative estimate of drug-likeness (QED) is 0.567. The molecule has 0 radical (unpaired) electrons. The highest BCUT2D eigenvalue weighted by atomic mass is 19.1. The van der Waals surface area contributed by atoms with Gasteiger partial charge < -0.3 is 19.5 Å². The van der Waals surface area contributed by atoms with Gasteiger partial charge in [-0.25, -0.2) is 18.4 Å². The fourth-order valence-corrected chi connectivity index (χ4v) is 3.50. The van der Waals surface area contributed by atoms with Gasteiger partial charge in [0.15, 0.2) is 0 Å². The molecule has 0 aliphatic carbocycles. The molecule has 6 nitrogen and oxygen atoms in total. The standard InChI is InChI=1S/C25H31F2NO5/c1-14-12-17(26)8-10-19(14)22(20-11-9-18(27)13-21(20)31-7)16(3)32-23(29)15(2)28-24(30)33-25(4,5)6/h8-13,15-16,22H,1-7H3,(H,28,30)/t15-,16-,22-/m0/s1. The van der Waals surface area contributed by atoms with Crippen molar-refractivity contribution in [2.24, 2.45) is 0 Å². The summed E-state index contributed by atoms with van der Waals surface area (Å²) >= 11 is 0. The molecule has 0 saturated carbocycles. The van der Waals surface area contributed by atoms with E-state index < -0.39 is 47.4 Å². The Bertz CT molecular complexity index is 1000. The van der Waals surface area contributed by atoms with Gasteiger partial charge in [0.05, 0.1) is 7.11 Å². The molecule has 0 unspecified atom stereocenters. The Morgan fingerprint density at radius 3 is 2.09 bits per heavy atom. The smallest absolute Gasteiger partial charge is 0.408 e. The lowest BCUT2D eigenvalue weighted by atomic mass is 9.84. The number of esters is 1. The lowest BCUT2D eigenvalue weighted by molar-refractivity contribution is -0.150. The van der Waals surface area contributed by atoms with E-state index in [0.29, 0.717) is 16.7 Å². The van der Waals surface area contributed by atoms with Crippen LogP contribution in [0.25, 0.3) is 0 Å². The lowest BCUT2D eigenvalue weighted by Gasteiger charge is -2.29. The zero-order valence-electron chi connectivity index (χ0n) is 20.0. The van der Waals surface area contributed by atoms with Crippen LogP contribution in [-0.4, -0.2) is 36.9 Å². The summed E-state index contributed by atoms with van der Waals surface area (Å²) in [7, 11) is 1.41. The normalized spacial score (nSPS) is 14.1. The summed E-state index contributed by atoms with van der Waals surface area (Å²) in [5.74, 6) is -1.88. The number of hydrogen-bond acceptors (Lipinski definition) is 5. The van der Waals surface area contributed by atoms with Crippen LogP contribution in [-0.2, 0) is 14.3 Å². The molecule has 33 heavy (non-hydrogen) atoms. The minimum absolute atomic E-state index is 0.270. The Balaban J connectivity index is 2.34. The SMILES string of the molecule is COc1cc(F)ccc1[C@H](c1ccc(F)cc1C)[C@H](C)OC(=O)[C@H](C)NC(=O)OC(C)(C)C. The number of ether oxygens (including phenoxy) is 3.